The van der Waals surface area contributed by atoms with E-state index in [0.29, 0.717) is 17.6 Å². The molecule has 3 unspecified atom stereocenters. The molecule has 0 heterocycles. The van der Waals surface area contributed by atoms with Gasteiger partial charge in [-0.25, -0.2) is 0 Å². The lowest BCUT2D eigenvalue weighted by molar-refractivity contribution is -0.0472. The highest BCUT2D eigenvalue weighted by molar-refractivity contribution is 4.89. The molecule has 1 N–H and O–H groups in total. The summed E-state index contributed by atoms with van der Waals surface area (Å²) >= 11 is 0. The largest absolute Gasteiger partial charge is 0.379 e. The average molecular weight is 285 g/mol. The van der Waals surface area contributed by atoms with Gasteiger partial charge < -0.3 is 14.8 Å². The molecule has 3 atom stereocenters. The number of unbranched alkanes of at least 4 members (excludes halogenated alkanes) is 1. The minimum Gasteiger partial charge on any atom is -0.379 e. The van der Waals surface area contributed by atoms with E-state index in [9.17, 15) is 0 Å². The highest BCUT2D eigenvalue weighted by Gasteiger charge is 2.35. The molecule has 0 aliphatic heterocycles. The van der Waals surface area contributed by atoms with Gasteiger partial charge in [0.2, 0.25) is 0 Å². The van der Waals surface area contributed by atoms with Crippen LogP contribution in [-0.4, -0.2) is 39.0 Å². The predicted molar refractivity (Wildman–Crippen MR) is 85.1 cm³/mol. The van der Waals surface area contributed by atoms with Crippen molar-refractivity contribution < 1.29 is 9.47 Å². The van der Waals surface area contributed by atoms with Gasteiger partial charge in [0.25, 0.3) is 0 Å². The number of likely N-dealkylation sites (N-methyl/N-ethyl adjacent to an activating group) is 1. The van der Waals surface area contributed by atoms with Gasteiger partial charge in [-0.2, -0.15) is 0 Å². The van der Waals surface area contributed by atoms with E-state index in [-0.39, 0.29) is 0 Å². The van der Waals surface area contributed by atoms with E-state index in [1.165, 1.54) is 25.7 Å². The van der Waals surface area contributed by atoms with Gasteiger partial charge in [-0.15, -0.1) is 0 Å². The molecule has 0 aromatic heterocycles. The Kier molecular flexibility index (Phi) is 8.08. The van der Waals surface area contributed by atoms with Crippen LogP contribution in [0.2, 0.25) is 0 Å². The van der Waals surface area contributed by atoms with E-state index in [2.05, 4.69) is 40.1 Å². The summed E-state index contributed by atoms with van der Waals surface area (Å²) in [5.41, 5.74) is 0.387. The topological polar surface area (TPSA) is 30.5 Å². The van der Waals surface area contributed by atoms with Gasteiger partial charge in [-0.3, -0.25) is 0 Å². The van der Waals surface area contributed by atoms with Crippen LogP contribution >= 0.6 is 0 Å². The van der Waals surface area contributed by atoms with Crippen molar-refractivity contribution in [2.75, 3.05) is 26.9 Å². The molecule has 0 aromatic carbocycles. The predicted octanol–water partition coefficient (Wildman–Crippen LogP) is 3.62. The molecular formula is C17H35NO2. The Morgan fingerprint density at radius 3 is 2.45 bits per heavy atom. The molecule has 3 heteroatoms. The number of hydrogen-bond acceptors (Lipinski definition) is 3. The van der Waals surface area contributed by atoms with Crippen molar-refractivity contribution >= 4 is 0 Å². The monoisotopic (exact) mass is 285 g/mol. The molecule has 1 fully saturated rings. The second-order valence-electron chi connectivity index (χ2n) is 7.15. The second kappa shape index (κ2) is 9.01. The van der Waals surface area contributed by atoms with Crippen molar-refractivity contribution in [2.24, 2.45) is 11.3 Å². The van der Waals surface area contributed by atoms with Gasteiger partial charge in [0, 0.05) is 12.6 Å². The molecule has 0 saturated heterocycles. The Balaban J connectivity index is 2.31. The Hall–Kier alpha value is -0.120. The molecular weight excluding hydrogens is 250 g/mol. The molecule has 0 aromatic rings. The van der Waals surface area contributed by atoms with Gasteiger partial charge in [-0.1, -0.05) is 34.1 Å². The maximum absolute atomic E-state index is 6.10. The Morgan fingerprint density at radius 1 is 1.10 bits per heavy atom. The Labute approximate surface area is 125 Å². The third-order valence-corrected chi connectivity index (χ3v) is 4.59. The lowest BCUT2D eigenvalue weighted by atomic mass is 9.70. The first-order valence-corrected chi connectivity index (χ1v) is 8.35. The minimum atomic E-state index is 0.341. The molecule has 20 heavy (non-hydrogen) atoms. The van der Waals surface area contributed by atoms with Crippen molar-refractivity contribution in [3.05, 3.63) is 0 Å². The maximum atomic E-state index is 6.10. The van der Waals surface area contributed by atoms with Crippen LogP contribution in [0.4, 0.5) is 0 Å². The summed E-state index contributed by atoms with van der Waals surface area (Å²) in [4.78, 5) is 0. The van der Waals surface area contributed by atoms with Crippen LogP contribution in [0.25, 0.3) is 0 Å². The normalized spacial score (nSPS) is 27.8. The number of rotatable bonds is 8. The summed E-state index contributed by atoms with van der Waals surface area (Å²) < 4.78 is 11.7. The summed E-state index contributed by atoms with van der Waals surface area (Å²) in [5, 5.41) is 3.42. The highest BCUT2D eigenvalue weighted by atomic mass is 16.5. The number of nitrogens with one attached hydrogen (secondary N) is 1. The lowest BCUT2D eigenvalue weighted by Gasteiger charge is -2.41. The van der Waals surface area contributed by atoms with Crippen LogP contribution in [0.15, 0.2) is 0 Å². The number of hydrogen-bond donors (Lipinski definition) is 1. The fourth-order valence-electron chi connectivity index (χ4n) is 3.04. The van der Waals surface area contributed by atoms with Crippen LogP contribution in [-0.2, 0) is 9.47 Å². The molecule has 0 bridgehead atoms. The van der Waals surface area contributed by atoms with Crippen molar-refractivity contribution in [1.82, 2.24) is 5.32 Å². The summed E-state index contributed by atoms with van der Waals surface area (Å²) in [7, 11) is 2.05. The van der Waals surface area contributed by atoms with E-state index in [1.807, 2.05) is 0 Å². The molecule has 1 rings (SSSR count). The molecule has 1 aliphatic rings. The first-order valence-electron chi connectivity index (χ1n) is 8.35. The molecule has 0 spiro atoms. The van der Waals surface area contributed by atoms with E-state index >= 15 is 0 Å². The highest BCUT2D eigenvalue weighted by Crippen LogP contribution is 2.38. The first-order chi connectivity index (χ1) is 9.49. The molecule has 3 nitrogen and oxygen atoms in total. The van der Waals surface area contributed by atoms with Crippen LogP contribution in [0.5, 0.6) is 0 Å². The van der Waals surface area contributed by atoms with Gasteiger partial charge >= 0.3 is 0 Å². The summed E-state index contributed by atoms with van der Waals surface area (Å²) in [6.07, 6.45) is 6.38. The molecule has 0 amide bonds. The van der Waals surface area contributed by atoms with Crippen molar-refractivity contribution in [3.8, 4) is 0 Å². The van der Waals surface area contributed by atoms with Gasteiger partial charge in [-0.05, 0) is 44.1 Å². The van der Waals surface area contributed by atoms with E-state index in [4.69, 9.17) is 9.47 Å². The van der Waals surface area contributed by atoms with Crippen LogP contribution in [0.3, 0.4) is 0 Å². The van der Waals surface area contributed by atoms with Gasteiger partial charge in [0.15, 0.2) is 0 Å². The van der Waals surface area contributed by atoms with Crippen LogP contribution < -0.4 is 5.32 Å². The van der Waals surface area contributed by atoms with Gasteiger partial charge in [0.1, 0.15) is 0 Å². The summed E-state index contributed by atoms with van der Waals surface area (Å²) in [6.45, 7) is 11.6. The Bertz CT molecular complexity index is 250. The number of ether oxygens (including phenoxy) is 2. The third-order valence-electron chi connectivity index (χ3n) is 4.59. The lowest BCUT2D eigenvalue weighted by Crippen LogP contribution is -2.46. The van der Waals surface area contributed by atoms with Crippen LogP contribution in [0, 0.1) is 11.3 Å². The average Bonchev–Trinajstić information content (AvgIpc) is 2.41. The minimum absolute atomic E-state index is 0.341. The fraction of sp³-hybridized carbons (Fsp3) is 1.00. The van der Waals surface area contributed by atoms with Crippen molar-refractivity contribution in [1.29, 1.82) is 0 Å². The zero-order valence-electron chi connectivity index (χ0n) is 14.2. The summed E-state index contributed by atoms with van der Waals surface area (Å²) in [6, 6.07) is 0.504. The SMILES string of the molecule is CCCCOCCOC1CC(C(C)(C)C)CCC1NC. The summed E-state index contributed by atoms with van der Waals surface area (Å²) in [5.74, 6) is 0.762. The second-order valence-corrected chi connectivity index (χ2v) is 7.15. The standard InChI is InChI=1S/C17H35NO2/c1-6-7-10-19-11-12-20-16-13-14(17(2,3)4)8-9-15(16)18-5/h14-16,18H,6-13H2,1-5H3. The smallest absolute Gasteiger partial charge is 0.0731 e. The zero-order chi connectivity index (χ0) is 15.0. The molecule has 1 aliphatic carbocycles. The van der Waals surface area contributed by atoms with Crippen molar-refractivity contribution in [2.45, 2.75) is 71.9 Å². The van der Waals surface area contributed by atoms with Gasteiger partial charge in [0.05, 0.1) is 19.3 Å². The zero-order valence-corrected chi connectivity index (χ0v) is 14.2. The van der Waals surface area contributed by atoms with Crippen molar-refractivity contribution in [3.63, 3.8) is 0 Å². The molecule has 0 radical (unpaired) electrons. The Morgan fingerprint density at radius 2 is 1.85 bits per heavy atom. The third kappa shape index (κ3) is 6.11. The van der Waals surface area contributed by atoms with E-state index in [0.717, 1.165) is 32.2 Å². The fourth-order valence-corrected chi connectivity index (χ4v) is 3.04. The van der Waals surface area contributed by atoms with E-state index < -0.39 is 0 Å². The van der Waals surface area contributed by atoms with E-state index in [1.54, 1.807) is 0 Å². The molecule has 1 saturated carbocycles. The first kappa shape index (κ1) is 17.9. The van der Waals surface area contributed by atoms with Crippen LogP contribution in [0.1, 0.15) is 59.8 Å². The quantitative estimate of drug-likeness (QED) is 0.691. The molecule has 120 valence electrons. The maximum Gasteiger partial charge on any atom is 0.0731 e.